The van der Waals surface area contributed by atoms with Crippen molar-refractivity contribution < 1.29 is 9.53 Å². The number of hydrogen-bond donors (Lipinski definition) is 0. The van der Waals surface area contributed by atoms with Crippen LogP contribution in [-0.4, -0.2) is 17.9 Å². The van der Waals surface area contributed by atoms with Gasteiger partial charge >= 0.3 is 0 Å². The van der Waals surface area contributed by atoms with Gasteiger partial charge in [-0.25, -0.2) is 0 Å². The number of ether oxygens (including phenoxy) is 1. The van der Waals surface area contributed by atoms with Gasteiger partial charge in [0.25, 0.3) is 0 Å². The van der Waals surface area contributed by atoms with Crippen LogP contribution in [0.3, 0.4) is 0 Å². The van der Waals surface area contributed by atoms with Crippen LogP contribution < -0.4 is 4.74 Å². The fourth-order valence-corrected chi connectivity index (χ4v) is 1.05. The SMILES string of the molecule is CCCC(=O)c1cncc(OC)c1. The number of nitrogens with zero attached hydrogens (tertiary/aromatic N) is 1. The summed E-state index contributed by atoms with van der Waals surface area (Å²) in [6.07, 6.45) is 4.58. The minimum absolute atomic E-state index is 0.119. The van der Waals surface area contributed by atoms with Gasteiger partial charge in [0.2, 0.25) is 0 Å². The molecule has 0 fully saturated rings. The number of pyridine rings is 1. The fraction of sp³-hybridized carbons (Fsp3) is 0.400. The number of methoxy groups -OCH3 is 1. The molecule has 0 aromatic carbocycles. The Kier molecular flexibility index (Phi) is 3.43. The molecule has 0 saturated carbocycles. The van der Waals surface area contributed by atoms with E-state index in [1.165, 1.54) is 0 Å². The van der Waals surface area contributed by atoms with E-state index in [1.54, 1.807) is 25.6 Å². The Balaban J connectivity index is 2.82. The molecule has 0 aliphatic rings. The first-order valence-electron chi connectivity index (χ1n) is 4.30. The summed E-state index contributed by atoms with van der Waals surface area (Å²) in [6, 6.07) is 1.71. The number of ketones is 1. The quantitative estimate of drug-likeness (QED) is 0.664. The first-order valence-corrected chi connectivity index (χ1v) is 4.30. The Hall–Kier alpha value is -1.38. The molecule has 1 rings (SSSR count). The molecule has 0 unspecified atom stereocenters. The Morgan fingerprint density at radius 3 is 2.92 bits per heavy atom. The van der Waals surface area contributed by atoms with Crippen LogP contribution in [0.1, 0.15) is 30.1 Å². The summed E-state index contributed by atoms with van der Waals surface area (Å²) in [5.41, 5.74) is 0.626. The van der Waals surface area contributed by atoms with Crippen molar-refractivity contribution in [1.29, 1.82) is 0 Å². The lowest BCUT2D eigenvalue weighted by atomic mass is 10.1. The average molecular weight is 179 g/mol. The van der Waals surface area contributed by atoms with Gasteiger partial charge < -0.3 is 4.74 Å². The van der Waals surface area contributed by atoms with E-state index in [9.17, 15) is 4.79 Å². The third-order valence-electron chi connectivity index (χ3n) is 1.75. The topological polar surface area (TPSA) is 39.2 Å². The van der Waals surface area contributed by atoms with Gasteiger partial charge in [0.1, 0.15) is 5.75 Å². The summed E-state index contributed by atoms with van der Waals surface area (Å²) in [5.74, 6) is 0.746. The number of hydrogen-bond acceptors (Lipinski definition) is 3. The highest BCUT2D eigenvalue weighted by Crippen LogP contribution is 2.12. The predicted octanol–water partition coefficient (Wildman–Crippen LogP) is 2.07. The smallest absolute Gasteiger partial charge is 0.164 e. The molecular weight excluding hydrogens is 166 g/mol. The molecule has 3 nitrogen and oxygen atoms in total. The molecule has 70 valence electrons. The second-order valence-corrected chi connectivity index (χ2v) is 2.79. The van der Waals surface area contributed by atoms with Crippen molar-refractivity contribution in [1.82, 2.24) is 4.98 Å². The van der Waals surface area contributed by atoms with E-state index >= 15 is 0 Å². The molecule has 0 atom stereocenters. The maximum atomic E-state index is 11.4. The van der Waals surface area contributed by atoms with E-state index < -0.39 is 0 Å². The molecule has 0 aliphatic carbocycles. The molecular formula is C10H13NO2. The lowest BCUT2D eigenvalue weighted by Crippen LogP contribution is -1.99. The minimum Gasteiger partial charge on any atom is -0.495 e. The fourth-order valence-electron chi connectivity index (χ4n) is 1.05. The molecule has 1 heterocycles. The zero-order chi connectivity index (χ0) is 9.68. The molecule has 1 aromatic heterocycles. The van der Waals surface area contributed by atoms with Crippen molar-refractivity contribution in [3.8, 4) is 5.75 Å². The van der Waals surface area contributed by atoms with Crippen LogP contribution in [-0.2, 0) is 0 Å². The average Bonchev–Trinajstić information content (AvgIpc) is 2.18. The molecule has 0 spiro atoms. The number of aromatic nitrogens is 1. The van der Waals surface area contributed by atoms with Crippen molar-refractivity contribution in [3.63, 3.8) is 0 Å². The van der Waals surface area contributed by atoms with Crippen LogP contribution in [0.2, 0.25) is 0 Å². The molecule has 0 N–H and O–H groups in total. The van der Waals surface area contributed by atoms with Crippen molar-refractivity contribution in [2.24, 2.45) is 0 Å². The Bertz CT molecular complexity index is 297. The standard InChI is InChI=1S/C10H13NO2/c1-3-4-10(12)8-5-9(13-2)7-11-6-8/h5-7H,3-4H2,1-2H3. The van der Waals surface area contributed by atoms with Gasteiger partial charge in [-0.2, -0.15) is 0 Å². The molecule has 1 aromatic rings. The molecule has 0 amide bonds. The van der Waals surface area contributed by atoms with Gasteiger partial charge in [0.05, 0.1) is 13.3 Å². The second kappa shape index (κ2) is 4.60. The van der Waals surface area contributed by atoms with Crippen LogP contribution in [0.4, 0.5) is 0 Å². The van der Waals surface area contributed by atoms with Crippen molar-refractivity contribution >= 4 is 5.78 Å². The van der Waals surface area contributed by atoms with E-state index in [1.807, 2.05) is 6.92 Å². The summed E-state index contributed by atoms with van der Waals surface area (Å²) >= 11 is 0. The maximum absolute atomic E-state index is 11.4. The number of carbonyl (C=O) groups excluding carboxylic acids is 1. The molecule has 0 bridgehead atoms. The van der Waals surface area contributed by atoms with Crippen molar-refractivity contribution in [3.05, 3.63) is 24.0 Å². The summed E-state index contributed by atoms with van der Waals surface area (Å²) in [6.45, 7) is 1.98. The van der Waals surface area contributed by atoms with Crippen LogP contribution in [0.15, 0.2) is 18.5 Å². The van der Waals surface area contributed by atoms with Gasteiger partial charge in [0, 0.05) is 18.2 Å². The van der Waals surface area contributed by atoms with Gasteiger partial charge in [-0.1, -0.05) is 6.92 Å². The van der Waals surface area contributed by atoms with E-state index in [4.69, 9.17) is 4.74 Å². The van der Waals surface area contributed by atoms with Gasteiger partial charge in [-0.05, 0) is 12.5 Å². The van der Waals surface area contributed by atoms with E-state index in [0.29, 0.717) is 17.7 Å². The van der Waals surface area contributed by atoms with E-state index in [0.717, 1.165) is 6.42 Å². The number of carbonyl (C=O) groups is 1. The Labute approximate surface area is 77.8 Å². The molecule has 0 radical (unpaired) electrons. The highest BCUT2D eigenvalue weighted by atomic mass is 16.5. The Morgan fingerprint density at radius 2 is 2.31 bits per heavy atom. The second-order valence-electron chi connectivity index (χ2n) is 2.79. The van der Waals surface area contributed by atoms with Crippen LogP contribution in [0.25, 0.3) is 0 Å². The van der Waals surface area contributed by atoms with Crippen LogP contribution >= 0.6 is 0 Å². The zero-order valence-corrected chi connectivity index (χ0v) is 7.91. The molecule has 0 aliphatic heterocycles. The third kappa shape index (κ3) is 2.54. The molecule has 3 heteroatoms. The first kappa shape index (κ1) is 9.71. The zero-order valence-electron chi connectivity index (χ0n) is 7.91. The summed E-state index contributed by atoms with van der Waals surface area (Å²) in [5, 5.41) is 0. The Morgan fingerprint density at radius 1 is 1.54 bits per heavy atom. The minimum atomic E-state index is 0.119. The summed E-state index contributed by atoms with van der Waals surface area (Å²) in [4.78, 5) is 15.3. The number of rotatable bonds is 4. The lowest BCUT2D eigenvalue weighted by molar-refractivity contribution is 0.0981. The lowest BCUT2D eigenvalue weighted by Gasteiger charge is -2.01. The molecule has 13 heavy (non-hydrogen) atoms. The highest BCUT2D eigenvalue weighted by Gasteiger charge is 2.05. The van der Waals surface area contributed by atoms with Crippen molar-refractivity contribution in [2.75, 3.05) is 7.11 Å². The van der Waals surface area contributed by atoms with Gasteiger partial charge in [-0.3, -0.25) is 9.78 Å². The molecule has 0 saturated heterocycles. The maximum Gasteiger partial charge on any atom is 0.164 e. The van der Waals surface area contributed by atoms with Gasteiger partial charge in [-0.15, -0.1) is 0 Å². The van der Waals surface area contributed by atoms with Crippen LogP contribution in [0.5, 0.6) is 5.75 Å². The van der Waals surface area contributed by atoms with Gasteiger partial charge in [0.15, 0.2) is 5.78 Å². The third-order valence-corrected chi connectivity index (χ3v) is 1.75. The number of Topliss-reactive ketones (excluding diaryl/α,β-unsaturated/α-hetero) is 1. The summed E-state index contributed by atoms with van der Waals surface area (Å²) < 4.78 is 4.97. The van der Waals surface area contributed by atoms with Crippen LogP contribution in [0, 0.1) is 0 Å². The highest BCUT2D eigenvalue weighted by molar-refractivity contribution is 5.96. The largest absolute Gasteiger partial charge is 0.495 e. The normalized spacial score (nSPS) is 9.69. The van der Waals surface area contributed by atoms with Crippen molar-refractivity contribution in [2.45, 2.75) is 19.8 Å². The predicted molar refractivity (Wildman–Crippen MR) is 50.0 cm³/mol. The van der Waals surface area contributed by atoms with E-state index in [-0.39, 0.29) is 5.78 Å². The first-order chi connectivity index (χ1) is 6.27. The summed E-state index contributed by atoms with van der Waals surface area (Å²) in [7, 11) is 1.56. The van der Waals surface area contributed by atoms with E-state index in [2.05, 4.69) is 4.98 Å². The monoisotopic (exact) mass is 179 g/mol.